The van der Waals surface area contributed by atoms with E-state index in [-0.39, 0.29) is 5.78 Å². The molecule has 1 saturated carbocycles. The first-order chi connectivity index (χ1) is 13.1. The first-order valence-electron chi connectivity index (χ1n) is 9.81. The molecule has 1 amide bonds. The zero-order chi connectivity index (χ0) is 18.9. The fraction of sp³-hybridized carbons (Fsp3) is 0.524. The van der Waals surface area contributed by atoms with Gasteiger partial charge in [-0.2, -0.15) is 0 Å². The van der Waals surface area contributed by atoms with Gasteiger partial charge in [-0.3, -0.25) is 19.7 Å². The molecule has 1 spiro atoms. The number of likely N-dealkylation sites (tertiary alicyclic amines) is 1. The summed E-state index contributed by atoms with van der Waals surface area (Å²) in [5.74, 6) is 0.137. The molecule has 2 aliphatic heterocycles. The Labute approximate surface area is 159 Å². The Hall–Kier alpha value is -2.18. The van der Waals surface area contributed by atoms with Crippen LogP contribution in [0.2, 0.25) is 0 Å². The molecule has 6 heteroatoms. The van der Waals surface area contributed by atoms with Crippen molar-refractivity contribution in [2.45, 2.75) is 56.6 Å². The number of benzene rings is 1. The molecule has 3 aliphatic rings. The van der Waals surface area contributed by atoms with Crippen molar-refractivity contribution >= 4 is 17.8 Å². The van der Waals surface area contributed by atoms with Crippen LogP contribution in [0.5, 0.6) is 5.75 Å². The maximum atomic E-state index is 12.9. The van der Waals surface area contributed by atoms with Gasteiger partial charge < -0.3 is 4.74 Å². The van der Waals surface area contributed by atoms with Gasteiger partial charge >= 0.3 is 0 Å². The molecule has 1 unspecified atom stereocenters. The minimum absolute atomic E-state index is 0.103. The lowest BCUT2D eigenvalue weighted by Crippen LogP contribution is -2.56. The second-order valence-corrected chi connectivity index (χ2v) is 7.96. The summed E-state index contributed by atoms with van der Waals surface area (Å²) in [5, 5.41) is 8.56. The number of carbonyl (C=O) groups is 2. The number of ether oxygens (including phenoxy) is 1. The summed E-state index contributed by atoms with van der Waals surface area (Å²) in [6.07, 6.45) is 10.3. The highest BCUT2D eigenvalue weighted by molar-refractivity contribution is 6.01. The third-order valence-corrected chi connectivity index (χ3v) is 6.06. The molecule has 4 rings (SSSR count). The predicted octanol–water partition coefficient (Wildman–Crippen LogP) is 2.95. The standard InChI is InChI=1S/C21H26N2O4/c24-18-13-21(10-3-11-23(14-21)16-4-1-2-5-16)27-19-8-6-15(12-17(18)19)7-9-20(25)22-26/h6-9,12,16,26H,1-5,10-11,13-14H2,(H,22,25)/b9-7+. The van der Waals surface area contributed by atoms with Crippen molar-refractivity contribution in [3.05, 3.63) is 35.4 Å². The van der Waals surface area contributed by atoms with Gasteiger partial charge in [0, 0.05) is 18.7 Å². The van der Waals surface area contributed by atoms with E-state index in [0.29, 0.717) is 23.8 Å². The Kier molecular flexibility index (Phi) is 5.02. The van der Waals surface area contributed by atoms with Crippen LogP contribution in [0.25, 0.3) is 6.08 Å². The van der Waals surface area contributed by atoms with Crippen LogP contribution < -0.4 is 10.2 Å². The quantitative estimate of drug-likeness (QED) is 0.486. The summed E-state index contributed by atoms with van der Waals surface area (Å²) < 4.78 is 6.42. The number of hydrogen-bond donors (Lipinski definition) is 2. The lowest BCUT2D eigenvalue weighted by molar-refractivity contribution is -0.124. The van der Waals surface area contributed by atoms with Gasteiger partial charge in [-0.25, -0.2) is 5.48 Å². The Balaban J connectivity index is 1.53. The molecular weight excluding hydrogens is 344 g/mol. The normalized spacial score (nSPS) is 26.3. The van der Waals surface area contributed by atoms with Crippen molar-refractivity contribution in [3.8, 4) is 5.75 Å². The molecule has 0 radical (unpaired) electrons. The average molecular weight is 370 g/mol. The molecule has 0 aromatic heterocycles. The van der Waals surface area contributed by atoms with Crippen molar-refractivity contribution in [2.75, 3.05) is 13.1 Å². The molecule has 2 heterocycles. The highest BCUT2D eigenvalue weighted by Crippen LogP contribution is 2.40. The van der Waals surface area contributed by atoms with Crippen molar-refractivity contribution in [2.24, 2.45) is 0 Å². The average Bonchev–Trinajstić information content (AvgIpc) is 3.21. The molecule has 1 aromatic rings. The lowest BCUT2D eigenvalue weighted by Gasteiger charge is -2.46. The van der Waals surface area contributed by atoms with Crippen LogP contribution in [-0.4, -0.2) is 46.5 Å². The van der Waals surface area contributed by atoms with Gasteiger partial charge in [0.05, 0.1) is 12.0 Å². The maximum absolute atomic E-state index is 12.9. The Morgan fingerprint density at radius 2 is 2.11 bits per heavy atom. The van der Waals surface area contributed by atoms with Crippen molar-refractivity contribution in [3.63, 3.8) is 0 Å². The van der Waals surface area contributed by atoms with Gasteiger partial charge in [0.15, 0.2) is 5.78 Å². The molecule has 0 bridgehead atoms. The van der Waals surface area contributed by atoms with Crippen molar-refractivity contribution in [1.29, 1.82) is 0 Å². The third kappa shape index (κ3) is 3.77. The Morgan fingerprint density at radius 1 is 1.30 bits per heavy atom. The molecule has 1 saturated heterocycles. The number of carbonyl (C=O) groups excluding carboxylic acids is 2. The van der Waals surface area contributed by atoms with Crippen molar-refractivity contribution in [1.82, 2.24) is 10.4 Å². The van der Waals surface area contributed by atoms with E-state index in [1.165, 1.54) is 31.8 Å². The summed E-state index contributed by atoms with van der Waals surface area (Å²) in [6.45, 7) is 1.94. The van der Waals surface area contributed by atoms with Crippen LogP contribution in [0.3, 0.4) is 0 Å². The molecule has 2 fully saturated rings. The zero-order valence-corrected chi connectivity index (χ0v) is 15.4. The number of nitrogens with one attached hydrogen (secondary N) is 1. The monoisotopic (exact) mass is 370 g/mol. The number of rotatable bonds is 3. The molecule has 1 aromatic carbocycles. The van der Waals surface area contributed by atoms with Gasteiger partial charge in [0.25, 0.3) is 5.91 Å². The van der Waals surface area contributed by atoms with E-state index in [4.69, 9.17) is 9.94 Å². The number of amides is 1. The van der Waals surface area contributed by atoms with E-state index in [9.17, 15) is 9.59 Å². The Bertz CT molecular complexity index is 769. The fourth-order valence-corrected chi connectivity index (χ4v) is 4.77. The Morgan fingerprint density at radius 3 is 2.89 bits per heavy atom. The topological polar surface area (TPSA) is 78.9 Å². The van der Waals surface area contributed by atoms with Crippen LogP contribution in [-0.2, 0) is 4.79 Å². The third-order valence-electron chi connectivity index (χ3n) is 6.06. The van der Waals surface area contributed by atoms with E-state index >= 15 is 0 Å². The molecule has 1 atom stereocenters. The first kappa shape index (κ1) is 18.2. The number of piperidine rings is 1. The van der Waals surface area contributed by atoms with Crippen LogP contribution in [0.15, 0.2) is 24.3 Å². The number of ketones is 1. The van der Waals surface area contributed by atoms with Gasteiger partial charge in [0.1, 0.15) is 11.4 Å². The SMILES string of the molecule is O=C(/C=C/c1ccc2c(c1)C(=O)CC1(CCCN(C3CCCC3)C1)O2)NO. The predicted molar refractivity (Wildman–Crippen MR) is 101 cm³/mol. The minimum atomic E-state index is -0.608. The van der Waals surface area contributed by atoms with E-state index in [2.05, 4.69) is 4.90 Å². The molecule has 1 aliphatic carbocycles. The van der Waals surface area contributed by atoms with Gasteiger partial charge in [-0.15, -0.1) is 0 Å². The number of hydroxylamine groups is 1. The van der Waals surface area contributed by atoms with Crippen LogP contribution >= 0.6 is 0 Å². The van der Waals surface area contributed by atoms with E-state index in [1.807, 2.05) is 12.1 Å². The van der Waals surface area contributed by atoms with Gasteiger partial charge in [-0.05, 0) is 56.0 Å². The highest BCUT2D eigenvalue weighted by Gasteiger charge is 2.45. The first-order valence-corrected chi connectivity index (χ1v) is 9.81. The second kappa shape index (κ2) is 7.44. The van der Waals surface area contributed by atoms with E-state index in [0.717, 1.165) is 31.5 Å². The smallest absolute Gasteiger partial charge is 0.267 e. The number of nitrogens with zero attached hydrogens (tertiary/aromatic N) is 1. The largest absolute Gasteiger partial charge is 0.485 e. The number of Topliss-reactive ketones (excluding diaryl/α,β-unsaturated/α-hetero) is 1. The van der Waals surface area contributed by atoms with Crippen LogP contribution in [0.4, 0.5) is 0 Å². The molecule has 27 heavy (non-hydrogen) atoms. The molecule has 6 nitrogen and oxygen atoms in total. The van der Waals surface area contributed by atoms with Crippen molar-refractivity contribution < 1.29 is 19.5 Å². The molecule has 144 valence electrons. The summed E-state index contributed by atoms with van der Waals surface area (Å²) in [6, 6.07) is 6.04. The number of fused-ring (bicyclic) bond motifs is 1. The maximum Gasteiger partial charge on any atom is 0.267 e. The van der Waals surface area contributed by atoms with Crippen LogP contribution in [0.1, 0.15) is 60.9 Å². The summed E-state index contributed by atoms with van der Waals surface area (Å²) in [7, 11) is 0. The van der Waals surface area contributed by atoms with E-state index in [1.54, 1.807) is 17.6 Å². The fourth-order valence-electron chi connectivity index (χ4n) is 4.77. The van der Waals surface area contributed by atoms with Crippen LogP contribution in [0, 0.1) is 0 Å². The zero-order valence-electron chi connectivity index (χ0n) is 15.4. The van der Waals surface area contributed by atoms with E-state index < -0.39 is 11.5 Å². The molecule has 2 N–H and O–H groups in total. The molecular formula is C21H26N2O4. The minimum Gasteiger partial charge on any atom is -0.485 e. The van der Waals surface area contributed by atoms with Gasteiger partial charge in [-0.1, -0.05) is 18.9 Å². The number of hydrogen-bond acceptors (Lipinski definition) is 5. The lowest BCUT2D eigenvalue weighted by atomic mass is 9.82. The summed E-state index contributed by atoms with van der Waals surface area (Å²) in [5.41, 5.74) is 2.44. The summed E-state index contributed by atoms with van der Waals surface area (Å²) in [4.78, 5) is 26.6. The highest BCUT2D eigenvalue weighted by atomic mass is 16.5. The summed E-state index contributed by atoms with van der Waals surface area (Å²) >= 11 is 0. The second-order valence-electron chi connectivity index (χ2n) is 7.96. The van der Waals surface area contributed by atoms with Gasteiger partial charge in [0.2, 0.25) is 0 Å².